The van der Waals surface area contributed by atoms with Crippen molar-refractivity contribution in [1.29, 1.82) is 0 Å². The van der Waals surface area contributed by atoms with Crippen molar-refractivity contribution in [2.75, 3.05) is 26.2 Å². The number of likely N-dealkylation sites (N-methyl/N-ethyl adjacent to an activating group) is 1. The van der Waals surface area contributed by atoms with Gasteiger partial charge < -0.3 is 19.7 Å². The zero-order valence-corrected chi connectivity index (χ0v) is 20.3. The number of amides is 2. The maximum Gasteiger partial charge on any atom is 0.264 e. The number of nitrogens with one attached hydrogen (secondary N) is 1. The van der Waals surface area contributed by atoms with Crippen LogP contribution in [0.5, 0.6) is 11.5 Å². The van der Waals surface area contributed by atoms with E-state index >= 15 is 0 Å². The number of anilines is 1. The molecule has 2 amide bonds. The monoisotopic (exact) mass is 466 g/mol. The van der Waals surface area contributed by atoms with Crippen LogP contribution in [0.4, 0.5) is 5.69 Å². The fourth-order valence-electron chi connectivity index (χ4n) is 4.30. The van der Waals surface area contributed by atoms with Gasteiger partial charge in [-0.05, 0) is 73.6 Å². The van der Waals surface area contributed by atoms with Crippen LogP contribution >= 0.6 is 11.8 Å². The molecule has 1 aliphatic heterocycles. The Kier molecular flexibility index (Phi) is 6.98. The first-order valence-electron chi connectivity index (χ1n) is 11.2. The third kappa shape index (κ3) is 5.03. The maximum atomic E-state index is 13.1. The van der Waals surface area contributed by atoms with Crippen molar-refractivity contribution in [3.63, 3.8) is 0 Å². The minimum atomic E-state index is -0.110. The van der Waals surface area contributed by atoms with E-state index in [1.807, 2.05) is 42.5 Å². The Morgan fingerprint density at radius 2 is 1.79 bits per heavy atom. The van der Waals surface area contributed by atoms with Gasteiger partial charge in [0.1, 0.15) is 0 Å². The predicted molar refractivity (Wildman–Crippen MR) is 132 cm³/mol. The zero-order chi connectivity index (χ0) is 23.5. The summed E-state index contributed by atoms with van der Waals surface area (Å²) in [4.78, 5) is 29.1. The Morgan fingerprint density at radius 1 is 1.06 bits per heavy atom. The number of hydrogen-bond acceptors (Lipinski definition) is 5. The lowest BCUT2D eigenvalue weighted by Crippen LogP contribution is -2.37. The van der Waals surface area contributed by atoms with E-state index in [0.717, 1.165) is 47.7 Å². The first-order valence-corrected chi connectivity index (χ1v) is 12.1. The number of fused-ring (bicyclic) bond motifs is 1. The lowest BCUT2D eigenvalue weighted by atomic mass is 9.87. The highest BCUT2D eigenvalue weighted by atomic mass is 32.2. The van der Waals surface area contributed by atoms with E-state index in [1.54, 1.807) is 26.2 Å². The van der Waals surface area contributed by atoms with E-state index in [4.69, 9.17) is 9.47 Å². The number of thioether (sulfide) groups is 1. The summed E-state index contributed by atoms with van der Waals surface area (Å²) in [6.45, 7) is 2.26. The maximum absolute atomic E-state index is 13.1. The summed E-state index contributed by atoms with van der Waals surface area (Å²) in [6, 6.07) is 11.3. The van der Waals surface area contributed by atoms with E-state index in [1.165, 1.54) is 11.8 Å². The van der Waals surface area contributed by atoms with Gasteiger partial charge in [-0.3, -0.25) is 9.59 Å². The molecule has 33 heavy (non-hydrogen) atoms. The Hall–Kier alpha value is -2.93. The highest BCUT2D eigenvalue weighted by Crippen LogP contribution is 2.42. The molecular weight excluding hydrogens is 436 g/mol. The van der Waals surface area contributed by atoms with Gasteiger partial charge in [0.15, 0.2) is 11.5 Å². The molecule has 2 aromatic rings. The number of ether oxygens (including phenoxy) is 2. The van der Waals surface area contributed by atoms with Gasteiger partial charge in [0.05, 0.1) is 24.8 Å². The largest absolute Gasteiger partial charge is 0.493 e. The summed E-state index contributed by atoms with van der Waals surface area (Å²) in [7, 11) is 4.92. The third-order valence-corrected chi connectivity index (χ3v) is 7.45. The fourth-order valence-corrected chi connectivity index (χ4v) is 5.39. The Morgan fingerprint density at radius 3 is 2.48 bits per heavy atom. The summed E-state index contributed by atoms with van der Waals surface area (Å²) in [5, 5.41) is 3.17. The minimum Gasteiger partial charge on any atom is -0.493 e. The molecule has 2 aliphatic rings. The molecule has 174 valence electrons. The normalized spacial score (nSPS) is 21.5. The van der Waals surface area contributed by atoms with Gasteiger partial charge in [0.2, 0.25) is 0 Å². The molecule has 0 spiro atoms. The summed E-state index contributed by atoms with van der Waals surface area (Å²) in [5.41, 5.74) is 2.18. The van der Waals surface area contributed by atoms with Gasteiger partial charge in [-0.25, -0.2) is 0 Å². The average molecular weight is 467 g/mol. The standard InChI is InChI=1S/C26H30N2O4S/c1-16-5-9-19(10-6-16)27-25(29)18-8-12-23-20(15-18)28(2)26(30)24(33-23)14-17-7-11-21(31-3)22(13-17)32-4/h7-8,11-16,19H,5-6,9-10H2,1-4H3,(H,27,29). The van der Waals surface area contributed by atoms with E-state index in [2.05, 4.69) is 12.2 Å². The molecule has 1 heterocycles. The van der Waals surface area contributed by atoms with Gasteiger partial charge in [-0.2, -0.15) is 0 Å². The van der Waals surface area contributed by atoms with Crippen molar-refractivity contribution in [3.8, 4) is 11.5 Å². The first kappa shape index (κ1) is 23.2. The zero-order valence-electron chi connectivity index (χ0n) is 19.5. The molecule has 1 saturated carbocycles. The second-order valence-electron chi connectivity index (χ2n) is 8.70. The highest BCUT2D eigenvalue weighted by molar-refractivity contribution is 8.04. The molecule has 0 aromatic heterocycles. The van der Waals surface area contributed by atoms with Crippen LogP contribution in [0, 0.1) is 5.92 Å². The quantitative estimate of drug-likeness (QED) is 0.620. The van der Waals surface area contributed by atoms with Gasteiger partial charge in [0.25, 0.3) is 11.8 Å². The third-order valence-electron chi connectivity index (χ3n) is 6.37. The number of hydrogen-bond donors (Lipinski definition) is 1. The molecule has 0 atom stereocenters. The molecule has 0 radical (unpaired) electrons. The van der Waals surface area contributed by atoms with Crippen LogP contribution in [0.2, 0.25) is 0 Å². The Balaban J connectivity index is 1.54. The number of carbonyl (C=O) groups excluding carboxylic acids is 2. The summed E-state index contributed by atoms with van der Waals surface area (Å²) in [6.07, 6.45) is 6.20. The SMILES string of the molecule is COc1ccc(C=C2Sc3ccc(C(=O)NC4CCC(C)CC4)cc3N(C)C2=O)cc1OC. The summed E-state index contributed by atoms with van der Waals surface area (Å²) in [5.74, 6) is 1.80. The molecule has 1 N–H and O–H groups in total. The second kappa shape index (κ2) is 9.91. The predicted octanol–water partition coefficient (Wildman–Crippen LogP) is 5.12. The number of rotatable bonds is 5. The topological polar surface area (TPSA) is 67.9 Å². The Labute approximate surface area is 199 Å². The smallest absolute Gasteiger partial charge is 0.264 e. The Bertz CT molecular complexity index is 1090. The van der Waals surface area contributed by atoms with Crippen LogP contribution in [-0.4, -0.2) is 39.1 Å². The van der Waals surface area contributed by atoms with Crippen molar-refractivity contribution < 1.29 is 19.1 Å². The molecule has 1 fully saturated rings. The second-order valence-corrected chi connectivity index (χ2v) is 9.79. The van der Waals surface area contributed by atoms with Crippen molar-refractivity contribution in [3.05, 3.63) is 52.4 Å². The average Bonchev–Trinajstić information content (AvgIpc) is 2.83. The van der Waals surface area contributed by atoms with Crippen LogP contribution in [0.15, 0.2) is 46.2 Å². The molecule has 0 unspecified atom stereocenters. The minimum absolute atomic E-state index is 0.0742. The molecule has 0 bridgehead atoms. The van der Waals surface area contributed by atoms with Crippen LogP contribution in [0.3, 0.4) is 0 Å². The number of nitrogens with zero attached hydrogens (tertiary/aromatic N) is 1. The molecule has 0 saturated heterocycles. The van der Waals surface area contributed by atoms with Crippen molar-refractivity contribution in [1.82, 2.24) is 5.32 Å². The number of carbonyl (C=O) groups is 2. The molecule has 1 aliphatic carbocycles. The van der Waals surface area contributed by atoms with Gasteiger partial charge in [-0.15, -0.1) is 0 Å². The van der Waals surface area contributed by atoms with Crippen LogP contribution in [0.1, 0.15) is 48.5 Å². The van der Waals surface area contributed by atoms with Gasteiger partial charge in [-0.1, -0.05) is 24.8 Å². The molecule has 4 rings (SSSR count). The van der Waals surface area contributed by atoms with E-state index < -0.39 is 0 Å². The van der Waals surface area contributed by atoms with Gasteiger partial charge >= 0.3 is 0 Å². The lowest BCUT2D eigenvalue weighted by Gasteiger charge is -2.28. The van der Waals surface area contributed by atoms with Crippen LogP contribution in [0.25, 0.3) is 6.08 Å². The van der Waals surface area contributed by atoms with Crippen molar-refractivity contribution in [2.24, 2.45) is 5.92 Å². The van der Waals surface area contributed by atoms with Crippen LogP contribution < -0.4 is 19.7 Å². The first-order chi connectivity index (χ1) is 15.9. The molecule has 6 nitrogen and oxygen atoms in total. The molecular formula is C26H30N2O4S. The van der Waals surface area contributed by atoms with E-state index in [-0.39, 0.29) is 17.9 Å². The van der Waals surface area contributed by atoms with Crippen LogP contribution in [-0.2, 0) is 4.79 Å². The molecule has 2 aromatic carbocycles. The van der Waals surface area contributed by atoms with Gasteiger partial charge in [0, 0.05) is 23.5 Å². The summed E-state index contributed by atoms with van der Waals surface area (Å²) >= 11 is 1.41. The fraction of sp³-hybridized carbons (Fsp3) is 0.385. The number of methoxy groups -OCH3 is 2. The number of benzene rings is 2. The van der Waals surface area contributed by atoms with E-state index in [9.17, 15) is 9.59 Å². The molecule has 7 heteroatoms. The lowest BCUT2D eigenvalue weighted by molar-refractivity contribution is -0.114. The highest BCUT2D eigenvalue weighted by Gasteiger charge is 2.28. The van der Waals surface area contributed by atoms with Crippen molar-refractivity contribution >= 4 is 35.3 Å². The van der Waals surface area contributed by atoms with Crippen molar-refractivity contribution in [2.45, 2.75) is 43.5 Å². The summed E-state index contributed by atoms with van der Waals surface area (Å²) < 4.78 is 10.7. The van der Waals surface area contributed by atoms with E-state index in [0.29, 0.717) is 22.0 Å².